The number of thioether (sulfide) groups is 1. The zero-order chi connectivity index (χ0) is 15.3. The van der Waals surface area contributed by atoms with Gasteiger partial charge in [-0.1, -0.05) is 17.7 Å². The summed E-state index contributed by atoms with van der Waals surface area (Å²) in [6.07, 6.45) is 4.51. The fourth-order valence-electron chi connectivity index (χ4n) is 1.69. The zero-order valence-corrected chi connectivity index (χ0v) is 14.3. The first-order valence-electron chi connectivity index (χ1n) is 7.08. The molecule has 0 spiro atoms. The van der Waals surface area contributed by atoms with Crippen molar-refractivity contribution in [2.45, 2.75) is 12.8 Å². The van der Waals surface area contributed by atoms with Crippen molar-refractivity contribution >= 4 is 29.3 Å². The van der Waals surface area contributed by atoms with Crippen molar-refractivity contribution in [2.75, 3.05) is 38.8 Å². The van der Waals surface area contributed by atoms with E-state index in [1.807, 2.05) is 30.0 Å². The molecule has 0 saturated carbocycles. The van der Waals surface area contributed by atoms with E-state index in [4.69, 9.17) is 16.3 Å². The molecule has 6 heteroatoms. The smallest absolute Gasteiger partial charge is 0.191 e. The summed E-state index contributed by atoms with van der Waals surface area (Å²) in [7, 11) is 1.77. The Labute approximate surface area is 136 Å². The molecule has 0 aliphatic carbocycles. The van der Waals surface area contributed by atoms with Crippen molar-refractivity contribution in [1.82, 2.24) is 10.6 Å². The molecule has 0 amide bonds. The van der Waals surface area contributed by atoms with Gasteiger partial charge in [-0.2, -0.15) is 11.8 Å². The highest BCUT2D eigenvalue weighted by Crippen LogP contribution is 2.16. The molecule has 1 aromatic carbocycles. The summed E-state index contributed by atoms with van der Waals surface area (Å²) < 4.78 is 5.61. The average molecular weight is 330 g/mol. The van der Waals surface area contributed by atoms with Crippen molar-refractivity contribution in [3.63, 3.8) is 0 Å². The van der Waals surface area contributed by atoms with Gasteiger partial charge in [-0.05, 0) is 43.0 Å². The number of nitrogens with zero attached hydrogens (tertiary/aromatic N) is 1. The molecule has 0 heterocycles. The lowest BCUT2D eigenvalue weighted by Crippen LogP contribution is -2.39. The number of aliphatic imine (C=N–C) groups is 1. The maximum absolute atomic E-state index is 5.90. The number of hydrogen-bond donors (Lipinski definition) is 2. The standard InChI is InChI=1S/C15H24ClN3OS/c1-17-15(18-8-3-4-11-21-2)19-9-10-20-14-7-5-6-13(16)12-14/h5-7,12H,3-4,8-11H2,1-2H3,(H2,17,18,19). The summed E-state index contributed by atoms with van der Waals surface area (Å²) in [6, 6.07) is 7.40. The Morgan fingerprint density at radius 1 is 1.29 bits per heavy atom. The second-order valence-electron chi connectivity index (χ2n) is 4.43. The van der Waals surface area contributed by atoms with Gasteiger partial charge in [0.05, 0.1) is 6.54 Å². The Morgan fingerprint density at radius 3 is 2.81 bits per heavy atom. The van der Waals surface area contributed by atoms with Crippen LogP contribution in [0.2, 0.25) is 5.02 Å². The molecule has 1 rings (SSSR count). The molecule has 0 aromatic heterocycles. The number of halogens is 1. The second-order valence-corrected chi connectivity index (χ2v) is 5.85. The van der Waals surface area contributed by atoms with E-state index in [1.165, 1.54) is 12.2 Å². The molecule has 0 saturated heterocycles. The minimum atomic E-state index is 0.563. The summed E-state index contributed by atoms with van der Waals surface area (Å²) in [5, 5.41) is 7.19. The van der Waals surface area contributed by atoms with Gasteiger partial charge in [0.2, 0.25) is 0 Å². The minimum Gasteiger partial charge on any atom is -0.492 e. The van der Waals surface area contributed by atoms with Gasteiger partial charge in [0.15, 0.2) is 5.96 Å². The summed E-state index contributed by atoms with van der Waals surface area (Å²) >= 11 is 7.78. The van der Waals surface area contributed by atoms with Crippen LogP contribution in [0.25, 0.3) is 0 Å². The first-order valence-corrected chi connectivity index (χ1v) is 8.85. The number of unbranched alkanes of at least 4 members (excludes halogenated alkanes) is 1. The fourth-order valence-corrected chi connectivity index (χ4v) is 2.37. The topological polar surface area (TPSA) is 45.7 Å². The molecule has 21 heavy (non-hydrogen) atoms. The van der Waals surface area contributed by atoms with Crippen LogP contribution in [0.5, 0.6) is 5.75 Å². The predicted molar refractivity (Wildman–Crippen MR) is 93.9 cm³/mol. The third-order valence-corrected chi connectivity index (χ3v) is 3.68. The number of hydrogen-bond acceptors (Lipinski definition) is 3. The Balaban J connectivity index is 2.12. The highest BCUT2D eigenvalue weighted by Gasteiger charge is 1.98. The van der Waals surface area contributed by atoms with E-state index in [2.05, 4.69) is 21.9 Å². The molecule has 4 nitrogen and oxygen atoms in total. The van der Waals surface area contributed by atoms with Gasteiger partial charge in [-0.25, -0.2) is 0 Å². The van der Waals surface area contributed by atoms with E-state index < -0.39 is 0 Å². The van der Waals surface area contributed by atoms with Gasteiger partial charge in [0, 0.05) is 18.6 Å². The van der Waals surface area contributed by atoms with Gasteiger partial charge >= 0.3 is 0 Å². The van der Waals surface area contributed by atoms with E-state index in [1.54, 1.807) is 13.1 Å². The van der Waals surface area contributed by atoms with Crippen LogP contribution in [0.1, 0.15) is 12.8 Å². The SMILES string of the molecule is CN=C(NCCCCSC)NCCOc1cccc(Cl)c1. The Bertz CT molecular complexity index is 429. The lowest BCUT2D eigenvalue weighted by Gasteiger charge is -2.12. The number of nitrogens with one attached hydrogen (secondary N) is 2. The van der Waals surface area contributed by atoms with E-state index >= 15 is 0 Å². The molecular formula is C15H24ClN3OS. The van der Waals surface area contributed by atoms with Crippen LogP contribution in [0, 0.1) is 0 Å². The first-order chi connectivity index (χ1) is 10.3. The van der Waals surface area contributed by atoms with E-state index in [0.29, 0.717) is 18.2 Å². The molecule has 0 radical (unpaired) electrons. The number of rotatable bonds is 9. The Morgan fingerprint density at radius 2 is 2.10 bits per heavy atom. The van der Waals surface area contributed by atoms with Crippen molar-refractivity contribution < 1.29 is 4.74 Å². The third kappa shape index (κ3) is 8.73. The molecular weight excluding hydrogens is 306 g/mol. The molecule has 0 aliphatic rings. The number of benzene rings is 1. The predicted octanol–water partition coefficient (Wildman–Crippen LogP) is 3.03. The average Bonchev–Trinajstić information content (AvgIpc) is 2.49. The molecule has 0 aliphatic heterocycles. The molecule has 0 bridgehead atoms. The molecule has 0 fully saturated rings. The van der Waals surface area contributed by atoms with Crippen molar-refractivity contribution in [2.24, 2.45) is 4.99 Å². The Kier molecular flexibility index (Phi) is 9.91. The van der Waals surface area contributed by atoms with Crippen LogP contribution in [0.3, 0.4) is 0 Å². The van der Waals surface area contributed by atoms with Crippen LogP contribution in [0.4, 0.5) is 0 Å². The zero-order valence-electron chi connectivity index (χ0n) is 12.7. The van der Waals surface area contributed by atoms with Crippen molar-refractivity contribution in [3.8, 4) is 5.75 Å². The van der Waals surface area contributed by atoms with Crippen LogP contribution in [0.15, 0.2) is 29.3 Å². The number of guanidine groups is 1. The highest BCUT2D eigenvalue weighted by atomic mass is 35.5. The van der Waals surface area contributed by atoms with E-state index in [-0.39, 0.29) is 0 Å². The van der Waals surface area contributed by atoms with Gasteiger partial charge < -0.3 is 15.4 Å². The maximum atomic E-state index is 5.90. The van der Waals surface area contributed by atoms with Crippen LogP contribution in [-0.2, 0) is 0 Å². The quantitative estimate of drug-likeness (QED) is 0.415. The van der Waals surface area contributed by atoms with Gasteiger partial charge in [0.1, 0.15) is 12.4 Å². The maximum Gasteiger partial charge on any atom is 0.191 e. The summed E-state index contributed by atoms with van der Waals surface area (Å²) in [4.78, 5) is 4.18. The minimum absolute atomic E-state index is 0.563. The molecule has 1 aromatic rings. The van der Waals surface area contributed by atoms with Crippen LogP contribution in [-0.4, -0.2) is 44.7 Å². The lowest BCUT2D eigenvalue weighted by atomic mass is 10.3. The van der Waals surface area contributed by atoms with Gasteiger partial charge in [0.25, 0.3) is 0 Å². The molecule has 0 atom stereocenters. The molecule has 118 valence electrons. The Hall–Kier alpha value is -1.07. The van der Waals surface area contributed by atoms with E-state index in [9.17, 15) is 0 Å². The van der Waals surface area contributed by atoms with Crippen molar-refractivity contribution in [3.05, 3.63) is 29.3 Å². The summed E-state index contributed by atoms with van der Waals surface area (Å²) in [5.74, 6) is 2.81. The van der Waals surface area contributed by atoms with Gasteiger partial charge in [-0.3, -0.25) is 4.99 Å². The highest BCUT2D eigenvalue weighted by molar-refractivity contribution is 7.98. The third-order valence-electron chi connectivity index (χ3n) is 2.75. The van der Waals surface area contributed by atoms with Crippen molar-refractivity contribution in [1.29, 1.82) is 0 Å². The van der Waals surface area contributed by atoms with Gasteiger partial charge in [-0.15, -0.1) is 0 Å². The molecule has 0 unspecified atom stereocenters. The second kappa shape index (κ2) is 11.6. The van der Waals surface area contributed by atoms with Crippen LogP contribution < -0.4 is 15.4 Å². The molecule has 2 N–H and O–H groups in total. The lowest BCUT2D eigenvalue weighted by molar-refractivity contribution is 0.322. The normalized spacial score (nSPS) is 11.3. The van der Waals surface area contributed by atoms with Crippen LogP contribution >= 0.6 is 23.4 Å². The number of ether oxygens (including phenoxy) is 1. The fraction of sp³-hybridized carbons (Fsp3) is 0.533. The monoisotopic (exact) mass is 329 g/mol. The first kappa shape index (κ1) is 18.0. The summed E-state index contributed by atoms with van der Waals surface area (Å²) in [6.45, 7) is 2.19. The van der Waals surface area contributed by atoms with E-state index in [0.717, 1.165) is 24.7 Å². The largest absolute Gasteiger partial charge is 0.492 e. The summed E-state index contributed by atoms with van der Waals surface area (Å²) in [5.41, 5.74) is 0.